The van der Waals surface area contributed by atoms with Gasteiger partial charge in [-0.25, -0.2) is 0 Å². The fourth-order valence-electron chi connectivity index (χ4n) is 1.63. The Morgan fingerprint density at radius 2 is 1.60 bits per heavy atom. The minimum absolute atomic E-state index is 0.388. The molecule has 0 spiro atoms. The molecule has 0 saturated carbocycles. The first kappa shape index (κ1) is 15.0. The number of ether oxygens (including phenoxy) is 2. The Labute approximate surface area is 128 Å². The van der Waals surface area contributed by atoms with Crippen molar-refractivity contribution in [2.24, 2.45) is 5.73 Å². The molecule has 0 radical (unpaired) electrons. The van der Waals surface area contributed by atoms with E-state index in [0.717, 1.165) is 11.3 Å². The Bertz CT molecular complexity index is 558. The lowest BCUT2D eigenvalue weighted by molar-refractivity contribution is 0.217. The summed E-state index contributed by atoms with van der Waals surface area (Å²) in [4.78, 5) is 0. The fraction of sp³-hybridized carbons (Fsp3) is 0.200. The lowest BCUT2D eigenvalue weighted by atomic mass is 10.2. The molecule has 0 aliphatic carbocycles. The van der Waals surface area contributed by atoms with Crippen LogP contribution in [-0.2, 0) is 6.54 Å². The van der Waals surface area contributed by atoms with E-state index in [2.05, 4.69) is 0 Å². The molecule has 106 valence electrons. The first-order chi connectivity index (χ1) is 9.70. The summed E-state index contributed by atoms with van der Waals surface area (Å²) >= 11 is 11.9. The van der Waals surface area contributed by atoms with Crippen molar-refractivity contribution in [3.63, 3.8) is 0 Å². The third kappa shape index (κ3) is 4.04. The van der Waals surface area contributed by atoms with Crippen LogP contribution in [0.2, 0.25) is 10.0 Å². The van der Waals surface area contributed by atoms with E-state index in [1.54, 1.807) is 18.2 Å². The van der Waals surface area contributed by atoms with E-state index in [9.17, 15) is 0 Å². The van der Waals surface area contributed by atoms with Crippen molar-refractivity contribution in [3.05, 3.63) is 58.1 Å². The van der Waals surface area contributed by atoms with Crippen LogP contribution in [0.3, 0.4) is 0 Å². The van der Waals surface area contributed by atoms with E-state index < -0.39 is 0 Å². The smallest absolute Gasteiger partial charge is 0.139 e. The second kappa shape index (κ2) is 7.39. The Hall–Kier alpha value is -1.42. The monoisotopic (exact) mass is 311 g/mol. The predicted molar refractivity (Wildman–Crippen MR) is 81.8 cm³/mol. The number of rotatable bonds is 6. The van der Waals surface area contributed by atoms with Gasteiger partial charge in [-0.2, -0.15) is 0 Å². The zero-order valence-electron chi connectivity index (χ0n) is 10.8. The molecule has 0 aliphatic heterocycles. The predicted octanol–water partition coefficient (Wildman–Crippen LogP) is 3.91. The molecule has 2 aromatic carbocycles. The lowest BCUT2D eigenvalue weighted by Gasteiger charge is -2.10. The molecule has 2 rings (SSSR count). The summed E-state index contributed by atoms with van der Waals surface area (Å²) in [6.45, 7) is 1.33. The standard InChI is InChI=1S/C15H15Cl2NO2/c16-13-2-1-3-14(15(13)17)20-9-8-19-12-6-4-11(10-18)5-7-12/h1-7H,8-10,18H2. The molecule has 2 N–H and O–H groups in total. The van der Waals surface area contributed by atoms with Crippen LogP contribution >= 0.6 is 23.2 Å². The number of hydrogen-bond donors (Lipinski definition) is 1. The van der Waals surface area contributed by atoms with Gasteiger partial charge in [0.15, 0.2) is 0 Å². The van der Waals surface area contributed by atoms with E-state index in [4.69, 9.17) is 38.4 Å². The summed E-state index contributed by atoms with van der Waals surface area (Å²) in [5.74, 6) is 1.34. The molecule has 20 heavy (non-hydrogen) atoms. The van der Waals surface area contributed by atoms with Gasteiger partial charge >= 0.3 is 0 Å². The molecular formula is C15H15Cl2NO2. The number of nitrogens with two attached hydrogens (primary N) is 1. The number of benzene rings is 2. The molecule has 0 atom stereocenters. The van der Waals surface area contributed by atoms with Crippen molar-refractivity contribution >= 4 is 23.2 Å². The third-order valence-electron chi connectivity index (χ3n) is 2.68. The van der Waals surface area contributed by atoms with Crippen molar-refractivity contribution in [3.8, 4) is 11.5 Å². The highest BCUT2D eigenvalue weighted by molar-refractivity contribution is 6.42. The number of hydrogen-bond acceptors (Lipinski definition) is 3. The SMILES string of the molecule is NCc1ccc(OCCOc2cccc(Cl)c2Cl)cc1. The molecule has 0 aliphatic rings. The Balaban J connectivity index is 1.80. The van der Waals surface area contributed by atoms with Gasteiger partial charge in [-0.15, -0.1) is 0 Å². The largest absolute Gasteiger partial charge is 0.490 e. The highest BCUT2D eigenvalue weighted by Crippen LogP contribution is 2.31. The van der Waals surface area contributed by atoms with Gasteiger partial charge in [0.05, 0.1) is 5.02 Å². The molecule has 0 aromatic heterocycles. The second-order valence-electron chi connectivity index (χ2n) is 4.10. The minimum atomic E-state index is 0.388. The minimum Gasteiger partial charge on any atom is -0.490 e. The zero-order valence-corrected chi connectivity index (χ0v) is 12.3. The molecule has 0 saturated heterocycles. The highest BCUT2D eigenvalue weighted by atomic mass is 35.5. The van der Waals surface area contributed by atoms with Gasteiger partial charge in [0.25, 0.3) is 0 Å². The van der Waals surface area contributed by atoms with E-state index in [0.29, 0.717) is 35.6 Å². The average Bonchev–Trinajstić information content (AvgIpc) is 2.48. The molecular weight excluding hydrogens is 297 g/mol. The van der Waals surface area contributed by atoms with E-state index in [1.165, 1.54) is 0 Å². The maximum absolute atomic E-state index is 6.01. The fourth-order valence-corrected chi connectivity index (χ4v) is 1.97. The first-order valence-corrected chi connectivity index (χ1v) is 6.95. The molecule has 0 amide bonds. The Morgan fingerprint density at radius 1 is 0.900 bits per heavy atom. The van der Waals surface area contributed by atoms with Gasteiger partial charge in [-0.1, -0.05) is 41.4 Å². The van der Waals surface area contributed by atoms with Gasteiger partial charge in [-0.3, -0.25) is 0 Å². The van der Waals surface area contributed by atoms with Gasteiger partial charge in [-0.05, 0) is 29.8 Å². The van der Waals surface area contributed by atoms with Crippen LogP contribution in [0.25, 0.3) is 0 Å². The molecule has 0 heterocycles. The van der Waals surface area contributed by atoms with Gasteiger partial charge in [0.2, 0.25) is 0 Å². The van der Waals surface area contributed by atoms with Crippen LogP contribution in [0.5, 0.6) is 11.5 Å². The maximum Gasteiger partial charge on any atom is 0.139 e. The second-order valence-corrected chi connectivity index (χ2v) is 4.88. The summed E-state index contributed by atoms with van der Waals surface area (Å²) in [6, 6.07) is 12.9. The van der Waals surface area contributed by atoms with Crippen LogP contribution in [-0.4, -0.2) is 13.2 Å². The highest BCUT2D eigenvalue weighted by Gasteiger charge is 2.05. The molecule has 0 unspecified atom stereocenters. The van der Waals surface area contributed by atoms with Crippen LogP contribution in [0.4, 0.5) is 0 Å². The quantitative estimate of drug-likeness (QED) is 0.823. The third-order valence-corrected chi connectivity index (χ3v) is 3.49. The van der Waals surface area contributed by atoms with E-state index in [-0.39, 0.29) is 0 Å². The summed E-state index contributed by atoms with van der Waals surface area (Å²) in [5, 5.41) is 0.893. The summed E-state index contributed by atoms with van der Waals surface area (Å²) < 4.78 is 11.1. The average molecular weight is 312 g/mol. The van der Waals surface area contributed by atoms with Crippen molar-refractivity contribution in [2.45, 2.75) is 6.54 Å². The Morgan fingerprint density at radius 3 is 2.30 bits per heavy atom. The van der Waals surface area contributed by atoms with Crippen LogP contribution in [0, 0.1) is 0 Å². The van der Waals surface area contributed by atoms with Gasteiger partial charge < -0.3 is 15.2 Å². The Kier molecular flexibility index (Phi) is 5.53. The normalized spacial score (nSPS) is 10.3. The maximum atomic E-state index is 6.01. The summed E-state index contributed by atoms with van der Waals surface area (Å²) in [6.07, 6.45) is 0. The summed E-state index contributed by atoms with van der Waals surface area (Å²) in [5.41, 5.74) is 6.60. The van der Waals surface area contributed by atoms with Crippen LogP contribution in [0.1, 0.15) is 5.56 Å². The van der Waals surface area contributed by atoms with Crippen LogP contribution in [0.15, 0.2) is 42.5 Å². The van der Waals surface area contributed by atoms with Crippen molar-refractivity contribution in [2.75, 3.05) is 13.2 Å². The molecule has 0 fully saturated rings. The molecule has 5 heteroatoms. The van der Waals surface area contributed by atoms with Gasteiger partial charge in [0, 0.05) is 6.54 Å². The topological polar surface area (TPSA) is 44.5 Å². The van der Waals surface area contributed by atoms with Crippen molar-refractivity contribution < 1.29 is 9.47 Å². The van der Waals surface area contributed by atoms with E-state index in [1.807, 2.05) is 24.3 Å². The molecule has 3 nitrogen and oxygen atoms in total. The van der Waals surface area contributed by atoms with Gasteiger partial charge in [0.1, 0.15) is 29.7 Å². The van der Waals surface area contributed by atoms with Crippen LogP contribution < -0.4 is 15.2 Å². The van der Waals surface area contributed by atoms with Crippen molar-refractivity contribution in [1.29, 1.82) is 0 Å². The summed E-state index contributed by atoms with van der Waals surface area (Å²) in [7, 11) is 0. The lowest BCUT2D eigenvalue weighted by Crippen LogP contribution is -2.09. The molecule has 0 bridgehead atoms. The number of halogens is 2. The molecule has 2 aromatic rings. The van der Waals surface area contributed by atoms with Crippen molar-refractivity contribution in [1.82, 2.24) is 0 Å². The zero-order chi connectivity index (χ0) is 14.4. The first-order valence-electron chi connectivity index (χ1n) is 6.19. The van der Waals surface area contributed by atoms with E-state index >= 15 is 0 Å².